The molecule has 2 aromatic carbocycles. The second-order valence-electron chi connectivity index (χ2n) is 4.53. The Morgan fingerprint density at radius 3 is 2.38 bits per heavy atom. The van der Waals surface area contributed by atoms with Gasteiger partial charge in [-0.15, -0.1) is 0 Å². The minimum atomic E-state index is -0.460. The van der Waals surface area contributed by atoms with Gasteiger partial charge in [-0.3, -0.25) is 9.59 Å². The average molecular weight is 284 g/mol. The number of nitrogens with two attached hydrogens (primary N) is 1. The number of nitrogens with one attached hydrogen (secondary N) is 1. The van der Waals surface area contributed by atoms with Gasteiger partial charge in [0, 0.05) is 12.5 Å². The molecule has 5 heteroatoms. The normalized spacial score (nSPS) is 9.95. The fourth-order valence-corrected chi connectivity index (χ4v) is 1.81. The lowest BCUT2D eigenvalue weighted by atomic mass is 10.1. The molecule has 3 N–H and O–H groups in total. The molecule has 2 rings (SSSR count). The molecule has 0 unspecified atom stereocenters. The van der Waals surface area contributed by atoms with E-state index >= 15 is 0 Å². The minimum absolute atomic E-state index is 0.156. The van der Waals surface area contributed by atoms with E-state index in [1.807, 2.05) is 12.1 Å². The summed E-state index contributed by atoms with van der Waals surface area (Å²) in [5.41, 5.74) is 7.17. The van der Waals surface area contributed by atoms with Gasteiger partial charge in [0.25, 0.3) is 0 Å². The van der Waals surface area contributed by atoms with Crippen molar-refractivity contribution in [1.29, 1.82) is 0 Å². The van der Waals surface area contributed by atoms with E-state index in [2.05, 4.69) is 5.32 Å². The Morgan fingerprint density at radius 1 is 1.10 bits per heavy atom. The van der Waals surface area contributed by atoms with E-state index in [1.54, 1.807) is 36.4 Å². The van der Waals surface area contributed by atoms with Gasteiger partial charge in [-0.2, -0.15) is 0 Å². The molecule has 0 saturated heterocycles. The molecule has 0 aliphatic rings. The average Bonchev–Trinajstić information content (AvgIpc) is 2.46. The Bertz CT molecular complexity index is 651. The summed E-state index contributed by atoms with van der Waals surface area (Å²) in [5.74, 6) is -0.0259. The molecule has 0 saturated carbocycles. The van der Waals surface area contributed by atoms with Crippen molar-refractivity contribution < 1.29 is 14.3 Å². The van der Waals surface area contributed by atoms with Crippen LogP contribution in [0.15, 0.2) is 48.5 Å². The molecule has 2 amide bonds. The number of ether oxygens (including phenoxy) is 1. The van der Waals surface area contributed by atoms with E-state index in [-0.39, 0.29) is 5.91 Å². The van der Waals surface area contributed by atoms with E-state index in [0.717, 1.165) is 5.56 Å². The zero-order valence-corrected chi connectivity index (χ0v) is 11.6. The smallest absolute Gasteiger partial charge is 0.248 e. The fraction of sp³-hybridized carbons (Fsp3) is 0.125. The first kappa shape index (κ1) is 14.6. The van der Waals surface area contributed by atoms with Gasteiger partial charge in [0.05, 0.1) is 5.69 Å². The highest BCUT2D eigenvalue weighted by Crippen LogP contribution is 2.24. The van der Waals surface area contributed by atoms with Gasteiger partial charge in [-0.1, -0.05) is 24.3 Å². The summed E-state index contributed by atoms with van der Waals surface area (Å²) in [4.78, 5) is 22.1. The summed E-state index contributed by atoms with van der Waals surface area (Å²) < 4.78 is 5.69. The number of amides is 2. The Kier molecular flexibility index (Phi) is 4.56. The maximum Gasteiger partial charge on any atom is 0.248 e. The zero-order valence-electron chi connectivity index (χ0n) is 11.6. The van der Waals surface area contributed by atoms with Crippen molar-refractivity contribution in [1.82, 2.24) is 0 Å². The number of anilines is 1. The first-order chi connectivity index (χ1) is 10.1. The molecule has 0 heterocycles. The van der Waals surface area contributed by atoms with Crippen LogP contribution in [0.4, 0.5) is 5.69 Å². The second-order valence-corrected chi connectivity index (χ2v) is 4.53. The molecule has 21 heavy (non-hydrogen) atoms. The summed E-state index contributed by atoms with van der Waals surface area (Å²) in [7, 11) is 0. The number of para-hydroxylation sites is 2. The molecular formula is C16H16N2O3. The van der Waals surface area contributed by atoms with Crippen molar-refractivity contribution in [2.24, 2.45) is 5.73 Å². The highest BCUT2D eigenvalue weighted by Gasteiger charge is 2.05. The lowest BCUT2D eigenvalue weighted by Gasteiger charge is -2.11. The van der Waals surface area contributed by atoms with Crippen LogP contribution in [-0.2, 0) is 11.4 Å². The Hall–Kier alpha value is -2.82. The van der Waals surface area contributed by atoms with Crippen LogP contribution in [0.5, 0.6) is 5.75 Å². The van der Waals surface area contributed by atoms with Crippen molar-refractivity contribution in [3.05, 3.63) is 59.7 Å². The van der Waals surface area contributed by atoms with Crippen LogP contribution in [0.1, 0.15) is 22.8 Å². The Morgan fingerprint density at radius 2 is 1.76 bits per heavy atom. The van der Waals surface area contributed by atoms with Crippen LogP contribution < -0.4 is 15.8 Å². The third kappa shape index (κ3) is 4.07. The zero-order chi connectivity index (χ0) is 15.2. The maximum absolute atomic E-state index is 11.1. The minimum Gasteiger partial charge on any atom is -0.487 e. The van der Waals surface area contributed by atoms with Gasteiger partial charge >= 0.3 is 0 Å². The number of carbonyl (C=O) groups is 2. The van der Waals surface area contributed by atoms with Crippen molar-refractivity contribution in [3.8, 4) is 5.75 Å². The fourth-order valence-electron chi connectivity index (χ4n) is 1.81. The topological polar surface area (TPSA) is 81.4 Å². The third-order valence-electron chi connectivity index (χ3n) is 2.83. The van der Waals surface area contributed by atoms with Crippen LogP contribution >= 0.6 is 0 Å². The summed E-state index contributed by atoms with van der Waals surface area (Å²) >= 11 is 0. The Labute approximate surface area is 122 Å². The Balaban J connectivity index is 2.06. The molecule has 108 valence electrons. The van der Waals surface area contributed by atoms with E-state index in [4.69, 9.17) is 10.5 Å². The van der Waals surface area contributed by atoms with Crippen LogP contribution in [0.25, 0.3) is 0 Å². The predicted molar refractivity (Wildman–Crippen MR) is 80.0 cm³/mol. The van der Waals surface area contributed by atoms with Crippen LogP contribution in [-0.4, -0.2) is 11.8 Å². The quantitative estimate of drug-likeness (QED) is 0.884. The SMILES string of the molecule is CC(=O)Nc1ccccc1OCc1ccc(C(N)=O)cc1. The van der Waals surface area contributed by atoms with E-state index in [0.29, 0.717) is 23.6 Å². The molecule has 0 atom stereocenters. The molecule has 0 spiro atoms. The predicted octanol–water partition coefficient (Wildman–Crippen LogP) is 2.32. The number of carbonyl (C=O) groups excluding carboxylic acids is 2. The van der Waals surface area contributed by atoms with Crippen LogP contribution in [0.2, 0.25) is 0 Å². The monoisotopic (exact) mass is 284 g/mol. The summed E-state index contributed by atoms with van der Waals surface area (Å²) in [6, 6.07) is 14.1. The van der Waals surface area contributed by atoms with E-state index in [1.165, 1.54) is 6.92 Å². The molecule has 0 aliphatic carbocycles. The number of primary amides is 1. The third-order valence-corrected chi connectivity index (χ3v) is 2.83. The van der Waals surface area contributed by atoms with Crippen LogP contribution in [0, 0.1) is 0 Å². The van der Waals surface area contributed by atoms with Crippen molar-refractivity contribution >= 4 is 17.5 Å². The van der Waals surface area contributed by atoms with Crippen molar-refractivity contribution in [2.45, 2.75) is 13.5 Å². The molecule has 0 aromatic heterocycles. The summed E-state index contributed by atoms with van der Waals surface area (Å²) in [5, 5.41) is 2.71. The van der Waals surface area contributed by atoms with Gasteiger partial charge in [-0.25, -0.2) is 0 Å². The van der Waals surface area contributed by atoms with Gasteiger partial charge in [0.15, 0.2) is 0 Å². The number of hydrogen-bond donors (Lipinski definition) is 2. The standard InChI is InChI=1S/C16H16N2O3/c1-11(19)18-14-4-2-3-5-15(14)21-10-12-6-8-13(9-7-12)16(17)20/h2-9H,10H2,1H3,(H2,17,20)(H,18,19). The molecule has 2 aromatic rings. The molecule has 0 radical (unpaired) electrons. The number of hydrogen-bond acceptors (Lipinski definition) is 3. The first-order valence-corrected chi connectivity index (χ1v) is 6.44. The highest BCUT2D eigenvalue weighted by atomic mass is 16.5. The molecular weight excluding hydrogens is 268 g/mol. The summed E-state index contributed by atoms with van der Waals surface area (Å²) in [6.45, 7) is 1.77. The highest BCUT2D eigenvalue weighted by molar-refractivity contribution is 5.92. The molecule has 0 bridgehead atoms. The molecule has 5 nitrogen and oxygen atoms in total. The largest absolute Gasteiger partial charge is 0.487 e. The van der Waals surface area contributed by atoms with Gasteiger partial charge in [0.1, 0.15) is 12.4 Å². The lowest BCUT2D eigenvalue weighted by molar-refractivity contribution is -0.114. The first-order valence-electron chi connectivity index (χ1n) is 6.44. The number of benzene rings is 2. The maximum atomic E-state index is 11.1. The van der Waals surface area contributed by atoms with Gasteiger partial charge in [0.2, 0.25) is 11.8 Å². The summed E-state index contributed by atoms with van der Waals surface area (Å²) in [6.07, 6.45) is 0. The molecule has 0 fully saturated rings. The van der Waals surface area contributed by atoms with Gasteiger partial charge < -0.3 is 15.8 Å². The lowest BCUT2D eigenvalue weighted by Crippen LogP contribution is -2.10. The van der Waals surface area contributed by atoms with Crippen molar-refractivity contribution in [2.75, 3.05) is 5.32 Å². The van der Waals surface area contributed by atoms with E-state index < -0.39 is 5.91 Å². The van der Waals surface area contributed by atoms with Crippen molar-refractivity contribution in [3.63, 3.8) is 0 Å². The molecule has 0 aliphatic heterocycles. The van der Waals surface area contributed by atoms with Crippen LogP contribution in [0.3, 0.4) is 0 Å². The van der Waals surface area contributed by atoms with Gasteiger partial charge in [-0.05, 0) is 29.8 Å². The van der Waals surface area contributed by atoms with E-state index in [9.17, 15) is 9.59 Å². The second kappa shape index (κ2) is 6.56. The number of rotatable bonds is 5.